The molecular weight excluding hydrogens is 434 g/mol. The van der Waals surface area contributed by atoms with Crippen molar-refractivity contribution in [3.63, 3.8) is 0 Å². The highest BCUT2D eigenvalue weighted by Gasteiger charge is 2.28. The molecule has 0 aromatic carbocycles. The third-order valence-electron chi connectivity index (χ3n) is 6.40. The molecule has 1 amide bonds. The number of hydrogen-bond donors (Lipinski definition) is 2. The Bertz CT molecular complexity index is 1040. The standard InChI is InChI=1S/C25H33N5O4/c1-16(14-31)27-24(32)22-13-23(29-25(28-22)34-15-17(2)33-3)30-11-8-18(9-12-30)19-6-7-21-20(19)5-4-10-26-21/h4-6,10,13,16-18,31H,7-9,11-12,14-15H2,1-3H3,(H,27,32)/t16-,17-/m1/s1. The lowest BCUT2D eigenvalue weighted by atomic mass is 9.86. The van der Waals surface area contributed by atoms with E-state index in [0.717, 1.165) is 38.0 Å². The van der Waals surface area contributed by atoms with Crippen molar-refractivity contribution >= 4 is 17.3 Å². The lowest BCUT2D eigenvalue weighted by Crippen LogP contribution is -2.37. The van der Waals surface area contributed by atoms with Crippen molar-refractivity contribution in [2.75, 3.05) is 38.3 Å². The smallest absolute Gasteiger partial charge is 0.319 e. The van der Waals surface area contributed by atoms with Gasteiger partial charge in [0, 0.05) is 44.9 Å². The zero-order valence-corrected chi connectivity index (χ0v) is 20.0. The molecule has 0 unspecified atom stereocenters. The van der Waals surface area contributed by atoms with Crippen LogP contribution in [0.3, 0.4) is 0 Å². The number of carbonyl (C=O) groups is 1. The molecule has 0 saturated carbocycles. The maximum atomic E-state index is 12.7. The molecule has 9 heteroatoms. The number of nitrogens with one attached hydrogen (secondary N) is 1. The highest BCUT2D eigenvalue weighted by atomic mass is 16.5. The van der Waals surface area contributed by atoms with Crippen molar-refractivity contribution in [1.82, 2.24) is 20.3 Å². The van der Waals surface area contributed by atoms with E-state index in [2.05, 4.69) is 37.3 Å². The highest BCUT2D eigenvalue weighted by Crippen LogP contribution is 2.37. The van der Waals surface area contributed by atoms with Gasteiger partial charge in [-0.15, -0.1) is 0 Å². The first-order valence-electron chi connectivity index (χ1n) is 11.8. The molecule has 1 fully saturated rings. The monoisotopic (exact) mass is 467 g/mol. The van der Waals surface area contributed by atoms with Gasteiger partial charge in [0.05, 0.1) is 18.4 Å². The predicted octanol–water partition coefficient (Wildman–Crippen LogP) is 2.25. The van der Waals surface area contributed by atoms with Crippen LogP contribution in [-0.2, 0) is 11.2 Å². The number of allylic oxidation sites excluding steroid dienone is 2. The quantitative estimate of drug-likeness (QED) is 0.578. The molecule has 0 spiro atoms. The molecule has 1 aliphatic carbocycles. The molecule has 4 rings (SSSR count). The molecule has 2 aliphatic rings. The van der Waals surface area contributed by atoms with E-state index in [1.807, 2.05) is 19.2 Å². The average molecular weight is 468 g/mol. The van der Waals surface area contributed by atoms with Crippen LogP contribution in [-0.4, -0.2) is 71.5 Å². The number of rotatable bonds is 9. The zero-order chi connectivity index (χ0) is 24.1. The summed E-state index contributed by atoms with van der Waals surface area (Å²) in [6.45, 7) is 5.37. The molecule has 34 heavy (non-hydrogen) atoms. The first kappa shape index (κ1) is 24.1. The Morgan fingerprint density at radius 2 is 2.09 bits per heavy atom. The van der Waals surface area contributed by atoms with Gasteiger partial charge in [0.2, 0.25) is 0 Å². The Morgan fingerprint density at radius 3 is 2.82 bits per heavy atom. The van der Waals surface area contributed by atoms with Gasteiger partial charge >= 0.3 is 6.01 Å². The topological polar surface area (TPSA) is 110 Å². The van der Waals surface area contributed by atoms with E-state index in [1.165, 1.54) is 11.1 Å². The Hall–Kier alpha value is -3.04. The minimum Gasteiger partial charge on any atom is -0.461 e. The summed E-state index contributed by atoms with van der Waals surface area (Å²) in [5, 5.41) is 12.0. The van der Waals surface area contributed by atoms with E-state index in [0.29, 0.717) is 11.7 Å². The molecule has 2 aromatic rings. The second-order valence-corrected chi connectivity index (χ2v) is 8.93. The number of aliphatic hydroxyl groups is 1. The van der Waals surface area contributed by atoms with E-state index in [4.69, 9.17) is 9.47 Å². The summed E-state index contributed by atoms with van der Waals surface area (Å²) in [6.07, 6.45) is 6.93. The molecule has 9 nitrogen and oxygen atoms in total. The third kappa shape index (κ3) is 5.53. The van der Waals surface area contributed by atoms with Crippen LogP contribution in [0.15, 0.2) is 30.5 Å². The third-order valence-corrected chi connectivity index (χ3v) is 6.40. The Balaban J connectivity index is 1.49. The average Bonchev–Trinajstić information content (AvgIpc) is 3.31. The maximum Gasteiger partial charge on any atom is 0.319 e. The molecule has 2 aromatic heterocycles. The zero-order valence-electron chi connectivity index (χ0n) is 20.0. The first-order chi connectivity index (χ1) is 16.5. The Morgan fingerprint density at radius 1 is 1.29 bits per heavy atom. The van der Waals surface area contributed by atoms with E-state index in [1.54, 1.807) is 20.1 Å². The largest absolute Gasteiger partial charge is 0.461 e. The van der Waals surface area contributed by atoms with Crippen LogP contribution < -0.4 is 15.0 Å². The minimum atomic E-state index is -0.378. The highest BCUT2D eigenvalue weighted by molar-refractivity contribution is 5.93. The van der Waals surface area contributed by atoms with Crippen LogP contribution in [0.25, 0.3) is 5.57 Å². The van der Waals surface area contributed by atoms with E-state index in [9.17, 15) is 9.90 Å². The SMILES string of the molecule is CO[C@H](C)COc1nc(C(=O)N[C@H](C)CO)cc(N2CCC(C3=CCc4ncccc43)CC2)n1. The van der Waals surface area contributed by atoms with Gasteiger partial charge in [0.25, 0.3) is 5.91 Å². The molecule has 0 bridgehead atoms. The molecular formula is C25H33N5O4. The summed E-state index contributed by atoms with van der Waals surface area (Å²) in [7, 11) is 1.61. The van der Waals surface area contributed by atoms with Crippen LogP contribution in [0, 0.1) is 5.92 Å². The summed E-state index contributed by atoms with van der Waals surface area (Å²) >= 11 is 0. The lowest BCUT2D eigenvalue weighted by Gasteiger charge is -2.34. The number of piperidine rings is 1. The second kappa shape index (κ2) is 10.9. The molecule has 2 N–H and O–H groups in total. The molecule has 3 heterocycles. The van der Waals surface area contributed by atoms with Gasteiger partial charge < -0.3 is 24.8 Å². The van der Waals surface area contributed by atoms with E-state index in [-0.39, 0.29) is 43.0 Å². The van der Waals surface area contributed by atoms with Gasteiger partial charge in [-0.05, 0) is 49.8 Å². The summed E-state index contributed by atoms with van der Waals surface area (Å²) < 4.78 is 11.0. The number of amides is 1. The van der Waals surface area contributed by atoms with Crippen molar-refractivity contribution in [3.8, 4) is 6.01 Å². The number of ether oxygens (including phenoxy) is 2. The number of aliphatic hydroxyl groups excluding tert-OH is 1. The molecule has 182 valence electrons. The van der Waals surface area contributed by atoms with Crippen LogP contribution in [0.4, 0.5) is 5.82 Å². The number of nitrogens with zero attached hydrogens (tertiary/aromatic N) is 4. The fraction of sp³-hybridized carbons (Fsp3) is 0.520. The van der Waals surface area contributed by atoms with Crippen molar-refractivity contribution in [1.29, 1.82) is 0 Å². The van der Waals surface area contributed by atoms with Gasteiger partial charge in [-0.1, -0.05) is 12.1 Å². The minimum absolute atomic E-state index is 0.133. The van der Waals surface area contributed by atoms with Crippen molar-refractivity contribution in [2.24, 2.45) is 5.92 Å². The van der Waals surface area contributed by atoms with Gasteiger partial charge in [0.1, 0.15) is 18.1 Å². The summed E-state index contributed by atoms with van der Waals surface area (Å²) in [4.78, 5) is 28.3. The Labute approximate surface area is 200 Å². The van der Waals surface area contributed by atoms with Crippen LogP contribution >= 0.6 is 0 Å². The lowest BCUT2D eigenvalue weighted by molar-refractivity contribution is 0.0677. The van der Waals surface area contributed by atoms with Crippen molar-refractivity contribution in [2.45, 2.75) is 45.3 Å². The predicted molar refractivity (Wildman–Crippen MR) is 129 cm³/mol. The number of carbonyl (C=O) groups excluding carboxylic acids is 1. The number of aromatic nitrogens is 3. The van der Waals surface area contributed by atoms with Gasteiger partial charge in [0.15, 0.2) is 0 Å². The van der Waals surface area contributed by atoms with E-state index >= 15 is 0 Å². The van der Waals surface area contributed by atoms with Crippen molar-refractivity contribution < 1.29 is 19.4 Å². The fourth-order valence-corrected chi connectivity index (χ4v) is 4.35. The normalized spacial score (nSPS) is 17.6. The number of anilines is 1. The van der Waals surface area contributed by atoms with Gasteiger partial charge in [-0.3, -0.25) is 9.78 Å². The van der Waals surface area contributed by atoms with Gasteiger partial charge in [-0.2, -0.15) is 9.97 Å². The first-order valence-corrected chi connectivity index (χ1v) is 11.8. The number of methoxy groups -OCH3 is 1. The molecule has 2 atom stereocenters. The number of fused-ring (bicyclic) bond motifs is 1. The summed E-state index contributed by atoms with van der Waals surface area (Å²) in [5.74, 6) is 0.776. The Kier molecular flexibility index (Phi) is 7.74. The van der Waals surface area contributed by atoms with E-state index < -0.39 is 0 Å². The van der Waals surface area contributed by atoms with Crippen molar-refractivity contribution in [3.05, 3.63) is 47.4 Å². The van der Waals surface area contributed by atoms with Crippen LogP contribution in [0.2, 0.25) is 0 Å². The summed E-state index contributed by atoms with van der Waals surface area (Å²) in [6, 6.07) is 5.63. The second-order valence-electron chi connectivity index (χ2n) is 8.93. The molecule has 0 radical (unpaired) electrons. The molecule has 1 saturated heterocycles. The fourth-order valence-electron chi connectivity index (χ4n) is 4.35. The molecule has 1 aliphatic heterocycles. The van der Waals surface area contributed by atoms with Crippen LogP contribution in [0.1, 0.15) is 48.4 Å². The number of hydrogen-bond acceptors (Lipinski definition) is 8. The maximum absolute atomic E-state index is 12.7. The van der Waals surface area contributed by atoms with Crippen LogP contribution in [0.5, 0.6) is 6.01 Å². The number of pyridine rings is 1. The van der Waals surface area contributed by atoms with Gasteiger partial charge in [-0.25, -0.2) is 0 Å². The summed E-state index contributed by atoms with van der Waals surface area (Å²) in [5.41, 5.74) is 4.06.